The minimum atomic E-state index is -3.77. The summed E-state index contributed by atoms with van der Waals surface area (Å²) in [5.41, 5.74) is 1.59. The lowest BCUT2D eigenvalue weighted by molar-refractivity contribution is -0.0788. The Morgan fingerprint density at radius 2 is 1.40 bits per heavy atom. The maximum Gasteiger partial charge on any atom is 0.334 e. The predicted molar refractivity (Wildman–Crippen MR) is 109 cm³/mol. The van der Waals surface area contributed by atoms with Gasteiger partial charge in [-0.3, -0.25) is 4.57 Å². The molecule has 0 aliphatic carbocycles. The third-order valence-corrected chi connectivity index (χ3v) is 6.76. The van der Waals surface area contributed by atoms with Crippen molar-refractivity contribution >= 4 is 7.60 Å². The summed E-state index contributed by atoms with van der Waals surface area (Å²) in [5.74, 6) is 0. The van der Waals surface area contributed by atoms with Crippen LogP contribution in [0.1, 0.15) is 11.1 Å². The summed E-state index contributed by atoms with van der Waals surface area (Å²) < 4.78 is 30.3. The maximum atomic E-state index is 13.5. The van der Waals surface area contributed by atoms with Crippen LogP contribution in [0.15, 0.2) is 60.7 Å². The van der Waals surface area contributed by atoms with Gasteiger partial charge in [0.15, 0.2) is 0 Å². The number of ether oxygens (including phenoxy) is 1. The molecule has 2 aromatic rings. The molecule has 1 saturated heterocycles. The van der Waals surface area contributed by atoms with Crippen molar-refractivity contribution in [1.29, 1.82) is 0 Å². The van der Waals surface area contributed by atoms with E-state index < -0.39 is 44.7 Å². The molecule has 0 saturated carbocycles. The van der Waals surface area contributed by atoms with Gasteiger partial charge in [0.25, 0.3) is 0 Å². The predicted octanol–water partition coefficient (Wildman–Crippen LogP) is 1.46. The fourth-order valence-corrected chi connectivity index (χ4v) is 4.93. The Hall–Kier alpha value is -1.61. The maximum absolute atomic E-state index is 13.5. The second-order valence-corrected chi connectivity index (χ2v) is 9.29. The summed E-state index contributed by atoms with van der Waals surface area (Å²) in [5, 5.41) is 39.3. The summed E-state index contributed by atoms with van der Waals surface area (Å²) in [6.45, 7) is -0.588. The van der Waals surface area contributed by atoms with Gasteiger partial charge in [0.1, 0.15) is 24.4 Å². The van der Waals surface area contributed by atoms with E-state index in [0.717, 1.165) is 11.1 Å². The molecule has 0 amide bonds. The van der Waals surface area contributed by atoms with Crippen molar-refractivity contribution in [2.45, 2.75) is 43.7 Å². The monoisotopic (exact) mass is 438 g/mol. The molecule has 1 unspecified atom stereocenters. The van der Waals surface area contributed by atoms with E-state index in [0.29, 0.717) is 0 Å². The standard InChI is InChI=1S/C21H27O8P/c22-11-17(23)21-20(25)19(24)18(29-21)14-30(26,27-12-15-7-3-1-4-8-15)28-13-16-9-5-2-6-10-16/h1-10,17-25H,11-14H2/t17-,18?,19+,20-,21+/m1/s1. The number of aliphatic hydroxyl groups is 4. The van der Waals surface area contributed by atoms with Gasteiger partial charge in [0, 0.05) is 0 Å². The van der Waals surface area contributed by atoms with Crippen LogP contribution in [0.25, 0.3) is 0 Å². The Balaban J connectivity index is 1.72. The van der Waals surface area contributed by atoms with Crippen LogP contribution in [0.4, 0.5) is 0 Å². The molecule has 1 fully saturated rings. The van der Waals surface area contributed by atoms with Crippen LogP contribution in [-0.2, 0) is 31.6 Å². The highest BCUT2D eigenvalue weighted by atomic mass is 31.2. The van der Waals surface area contributed by atoms with Gasteiger partial charge in [-0.15, -0.1) is 0 Å². The zero-order valence-corrected chi connectivity index (χ0v) is 17.3. The lowest BCUT2D eigenvalue weighted by Crippen LogP contribution is -2.40. The molecule has 30 heavy (non-hydrogen) atoms. The van der Waals surface area contributed by atoms with Crippen molar-refractivity contribution in [1.82, 2.24) is 0 Å². The molecule has 0 spiro atoms. The number of aliphatic hydroxyl groups excluding tert-OH is 4. The van der Waals surface area contributed by atoms with Crippen molar-refractivity contribution in [3.8, 4) is 0 Å². The van der Waals surface area contributed by atoms with Crippen LogP contribution < -0.4 is 0 Å². The molecule has 4 N–H and O–H groups in total. The number of hydrogen-bond donors (Lipinski definition) is 4. The van der Waals surface area contributed by atoms with E-state index in [-0.39, 0.29) is 19.4 Å². The van der Waals surface area contributed by atoms with Crippen molar-refractivity contribution in [2.24, 2.45) is 0 Å². The second-order valence-electron chi connectivity index (χ2n) is 7.18. The van der Waals surface area contributed by atoms with E-state index in [1.807, 2.05) is 60.7 Å². The van der Waals surface area contributed by atoms with E-state index in [4.69, 9.17) is 18.9 Å². The largest absolute Gasteiger partial charge is 0.394 e. The Labute approximate surface area is 175 Å². The Morgan fingerprint density at radius 3 is 1.87 bits per heavy atom. The third-order valence-electron chi connectivity index (χ3n) is 4.91. The van der Waals surface area contributed by atoms with Crippen molar-refractivity contribution in [2.75, 3.05) is 12.8 Å². The lowest BCUT2D eigenvalue weighted by atomic mass is 10.1. The van der Waals surface area contributed by atoms with Crippen molar-refractivity contribution in [3.05, 3.63) is 71.8 Å². The first kappa shape index (κ1) is 23.1. The van der Waals surface area contributed by atoms with Gasteiger partial charge in [0.2, 0.25) is 0 Å². The van der Waals surface area contributed by atoms with Gasteiger partial charge in [-0.2, -0.15) is 0 Å². The molecular weight excluding hydrogens is 411 g/mol. The van der Waals surface area contributed by atoms with E-state index in [1.54, 1.807) is 0 Å². The summed E-state index contributed by atoms with van der Waals surface area (Å²) in [7, 11) is -3.77. The first-order valence-electron chi connectivity index (χ1n) is 9.68. The topological polar surface area (TPSA) is 126 Å². The van der Waals surface area contributed by atoms with Crippen LogP contribution in [0.5, 0.6) is 0 Å². The fourth-order valence-electron chi connectivity index (χ4n) is 3.21. The number of rotatable bonds is 10. The molecule has 0 bridgehead atoms. The summed E-state index contributed by atoms with van der Waals surface area (Å²) in [4.78, 5) is 0. The lowest BCUT2D eigenvalue weighted by Gasteiger charge is -2.23. The fraction of sp³-hybridized carbons (Fsp3) is 0.429. The zero-order valence-electron chi connectivity index (χ0n) is 16.4. The van der Waals surface area contributed by atoms with Gasteiger partial charge < -0.3 is 34.2 Å². The van der Waals surface area contributed by atoms with Crippen LogP contribution in [-0.4, -0.2) is 63.7 Å². The first-order chi connectivity index (χ1) is 14.4. The third kappa shape index (κ3) is 5.97. The van der Waals surface area contributed by atoms with Gasteiger partial charge in [-0.25, -0.2) is 0 Å². The van der Waals surface area contributed by atoms with Crippen LogP contribution >= 0.6 is 7.60 Å². The smallest absolute Gasteiger partial charge is 0.334 e. The van der Waals surface area contributed by atoms with Gasteiger partial charge in [-0.1, -0.05) is 60.7 Å². The number of benzene rings is 2. The second kappa shape index (κ2) is 10.6. The number of hydrogen-bond acceptors (Lipinski definition) is 8. The van der Waals surface area contributed by atoms with Crippen LogP contribution in [0.3, 0.4) is 0 Å². The molecule has 9 heteroatoms. The molecule has 0 radical (unpaired) electrons. The molecule has 5 atom stereocenters. The average molecular weight is 438 g/mol. The normalized spacial score (nSPS) is 25.3. The zero-order chi connectivity index (χ0) is 21.6. The quantitative estimate of drug-likeness (QED) is 0.411. The molecule has 164 valence electrons. The Kier molecular flexibility index (Phi) is 8.16. The SMILES string of the molecule is O=P(CC1O[C@@H]([C@H](O)CO)[C@H](O)[C@H]1O)(OCc1ccccc1)OCc1ccccc1. The molecule has 1 aliphatic rings. The highest BCUT2D eigenvalue weighted by Crippen LogP contribution is 2.52. The Bertz CT molecular complexity index is 771. The van der Waals surface area contributed by atoms with E-state index in [1.165, 1.54) is 0 Å². The minimum absolute atomic E-state index is 0.0287. The van der Waals surface area contributed by atoms with E-state index in [9.17, 15) is 19.9 Å². The average Bonchev–Trinajstić information content (AvgIpc) is 3.06. The van der Waals surface area contributed by atoms with Crippen molar-refractivity contribution in [3.63, 3.8) is 0 Å². The molecular formula is C21H27O8P. The van der Waals surface area contributed by atoms with Gasteiger partial charge in [0.05, 0.1) is 32.1 Å². The highest BCUT2D eigenvalue weighted by Gasteiger charge is 2.48. The summed E-state index contributed by atoms with van der Waals surface area (Å²) >= 11 is 0. The highest BCUT2D eigenvalue weighted by molar-refractivity contribution is 7.53. The molecule has 8 nitrogen and oxygen atoms in total. The summed E-state index contributed by atoms with van der Waals surface area (Å²) in [6.07, 6.45) is -6.84. The minimum Gasteiger partial charge on any atom is -0.394 e. The Morgan fingerprint density at radius 1 is 0.900 bits per heavy atom. The molecule has 0 aromatic heterocycles. The van der Waals surface area contributed by atoms with Gasteiger partial charge >= 0.3 is 7.60 Å². The molecule has 2 aromatic carbocycles. The van der Waals surface area contributed by atoms with Gasteiger partial charge in [-0.05, 0) is 11.1 Å². The van der Waals surface area contributed by atoms with Crippen LogP contribution in [0, 0.1) is 0 Å². The molecule has 1 aliphatic heterocycles. The van der Waals surface area contributed by atoms with Crippen molar-refractivity contribution < 1.29 is 38.8 Å². The van der Waals surface area contributed by atoms with E-state index >= 15 is 0 Å². The molecule has 1 heterocycles. The molecule has 3 rings (SSSR count). The van der Waals surface area contributed by atoms with Crippen LogP contribution in [0.2, 0.25) is 0 Å². The first-order valence-corrected chi connectivity index (χ1v) is 11.4. The van der Waals surface area contributed by atoms with E-state index in [2.05, 4.69) is 0 Å². The summed E-state index contributed by atoms with van der Waals surface area (Å²) in [6, 6.07) is 18.3.